The number of Topliss-reactive ketones (excluding diaryl/α,β-unsaturated/α-hetero) is 1. The first kappa shape index (κ1) is 16.4. The molecule has 0 aromatic rings. The second kappa shape index (κ2) is 9.47. The Morgan fingerprint density at radius 1 is 1.39 bits per heavy atom. The molecule has 0 aromatic carbocycles. The summed E-state index contributed by atoms with van der Waals surface area (Å²) in [6.45, 7) is 5.33. The highest BCUT2D eigenvalue weighted by atomic mass is 16.5. The highest BCUT2D eigenvalue weighted by Gasteiger charge is 2.30. The molecular formula is C15H22O3. The Bertz CT molecular complexity index is 358. The minimum absolute atomic E-state index is 0.213. The third kappa shape index (κ3) is 5.67. The third-order valence-electron chi connectivity index (χ3n) is 2.58. The van der Waals surface area contributed by atoms with E-state index in [1.54, 1.807) is 12.2 Å². The Kier molecular flexibility index (Phi) is 8.65. The average Bonchev–Trinajstić information content (AvgIpc) is 2.34. The molecule has 0 spiro atoms. The minimum atomic E-state index is -0.819. The van der Waals surface area contributed by atoms with Crippen molar-refractivity contribution < 1.29 is 14.3 Å². The fourth-order valence-corrected chi connectivity index (χ4v) is 1.60. The molecule has 3 nitrogen and oxygen atoms in total. The van der Waals surface area contributed by atoms with Crippen LogP contribution in [0.2, 0.25) is 0 Å². The molecule has 0 saturated carbocycles. The molecule has 2 atom stereocenters. The summed E-state index contributed by atoms with van der Waals surface area (Å²) in [5, 5.41) is 0. The van der Waals surface area contributed by atoms with Crippen LogP contribution in [0, 0.1) is 23.7 Å². The number of rotatable bonds is 6. The van der Waals surface area contributed by atoms with Gasteiger partial charge in [-0.3, -0.25) is 9.59 Å². The van der Waals surface area contributed by atoms with Crippen molar-refractivity contribution in [2.75, 3.05) is 7.11 Å². The fraction of sp³-hybridized carbons (Fsp3) is 0.600. The zero-order valence-corrected chi connectivity index (χ0v) is 11.7. The normalized spacial score (nSPS) is 13.6. The number of carbonyl (C=O) groups excluding carboxylic acids is 2. The summed E-state index contributed by atoms with van der Waals surface area (Å²) < 4.78 is 4.67. The predicted octanol–water partition coefficient (Wildman–Crippen LogP) is 2.75. The number of ketones is 1. The Balaban J connectivity index is 4.96. The first-order chi connectivity index (χ1) is 8.58. The maximum Gasteiger partial charge on any atom is 0.317 e. The van der Waals surface area contributed by atoms with Crippen molar-refractivity contribution in [2.45, 2.75) is 40.0 Å². The second-order valence-electron chi connectivity index (χ2n) is 4.09. The Hall–Kier alpha value is -1.56. The van der Waals surface area contributed by atoms with Gasteiger partial charge in [0.25, 0.3) is 0 Å². The molecule has 0 fully saturated rings. The molecule has 18 heavy (non-hydrogen) atoms. The van der Waals surface area contributed by atoms with Crippen molar-refractivity contribution in [1.29, 1.82) is 0 Å². The molecule has 0 aliphatic rings. The lowest BCUT2D eigenvalue weighted by Gasteiger charge is -2.15. The lowest BCUT2D eigenvalue weighted by Crippen LogP contribution is -2.29. The number of esters is 1. The van der Waals surface area contributed by atoms with E-state index in [0.717, 1.165) is 19.3 Å². The standard InChI is InChI=1S/C15H22O3/c1-5-7-8-9-11-13(10-6-2)14(12(3)16)15(17)18-4/h6,10,13-14H,5,7-8H2,1-4H3/b10-6+. The number of unbranched alkanes of at least 4 members (excludes halogenated alkanes) is 2. The van der Waals surface area contributed by atoms with Crippen LogP contribution in [-0.4, -0.2) is 18.9 Å². The molecule has 0 heterocycles. The van der Waals surface area contributed by atoms with Gasteiger partial charge in [0.05, 0.1) is 13.0 Å². The van der Waals surface area contributed by atoms with Gasteiger partial charge in [-0.1, -0.05) is 31.4 Å². The summed E-state index contributed by atoms with van der Waals surface area (Å²) in [6.07, 6.45) is 6.48. The van der Waals surface area contributed by atoms with Gasteiger partial charge in [-0.15, -0.1) is 5.92 Å². The SMILES string of the molecule is C/C=C/C(C#CCCCC)C(C(C)=O)C(=O)OC. The smallest absolute Gasteiger partial charge is 0.317 e. The van der Waals surface area contributed by atoms with Crippen LogP contribution in [-0.2, 0) is 14.3 Å². The van der Waals surface area contributed by atoms with Gasteiger partial charge >= 0.3 is 5.97 Å². The molecule has 0 aliphatic carbocycles. The van der Waals surface area contributed by atoms with Crippen molar-refractivity contribution >= 4 is 11.8 Å². The van der Waals surface area contributed by atoms with E-state index in [1.165, 1.54) is 14.0 Å². The summed E-state index contributed by atoms with van der Waals surface area (Å²) in [4.78, 5) is 23.2. The molecule has 0 saturated heterocycles. The van der Waals surface area contributed by atoms with E-state index in [9.17, 15) is 9.59 Å². The van der Waals surface area contributed by atoms with Gasteiger partial charge in [0.1, 0.15) is 11.7 Å². The number of hydrogen-bond acceptors (Lipinski definition) is 3. The number of methoxy groups -OCH3 is 1. The van der Waals surface area contributed by atoms with Crippen molar-refractivity contribution in [2.24, 2.45) is 11.8 Å². The second-order valence-corrected chi connectivity index (χ2v) is 4.09. The Morgan fingerprint density at radius 3 is 2.50 bits per heavy atom. The number of ether oxygens (including phenoxy) is 1. The van der Waals surface area contributed by atoms with E-state index in [2.05, 4.69) is 23.5 Å². The Labute approximate surface area is 110 Å². The topological polar surface area (TPSA) is 43.4 Å². The van der Waals surface area contributed by atoms with Gasteiger partial charge in [0.2, 0.25) is 0 Å². The zero-order valence-electron chi connectivity index (χ0n) is 11.7. The monoisotopic (exact) mass is 250 g/mol. The molecule has 0 N–H and O–H groups in total. The van der Waals surface area contributed by atoms with Gasteiger partial charge in [-0.25, -0.2) is 0 Å². The molecule has 3 heteroatoms. The lowest BCUT2D eigenvalue weighted by atomic mass is 9.89. The van der Waals surface area contributed by atoms with Crippen molar-refractivity contribution in [1.82, 2.24) is 0 Å². The molecule has 0 aliphatic heterocycles. The van der Waals surface area contributed by atoms with Gasteiger partial charge in [0, 0.05) is 6.42 Å². The first-order valence-electron chi connectivity index (χ1n) is 6.27. The average molecular weight is 250 g/mol. The van der Waals surface area contributed by atoms with E-state index in [0.29, 0.717) is 0 Å². The molecule has 0 aromatic heterocycles. The summed E-state index contributed by atoms with van der Waals surface area (Å²) >= 11 is 0. The quantitative estimate of drug-likeness (QED) is 0.239. The predicted molar refractivity (Wildman–Crippen MR) is 71.8 cm³/mol. The number of carbonyl (C=O) groups is 2. The van der Waals surface area contributed by atoms with Gasteiger partial charge in [-0.2, -0.15) is 0 Å². The van der Waals surface area contributed by atoms with Crippen LogP contribution >= 0.6 is 0 Å². The first-order valence-corrected chi connectivity index (χ1v) is 6.27. The molecule has 0 rings (SSSR count). The molecule has 0 bridgehead atoms. The maximum absolute atomic E-state index is 11.6. The molecule has 0 radical (unpaired) electrons. The minimum Gasteiger partial charge on any atom is -0.468 e. The summed E-state index contributed by atoms with van der Waals surface area (Å²) in [5.74, 6) is 4.08. The highest BCUT2D eigenvalue weighted by Crippen LogP contribution is 2.16. The van der Waals surface area contributed by atoms with Crippen molar-refractivity contribution in [3.8, 4) is 11.8 Å². The van der Waals surface area contributed by atoms with Crippen molar-refractivity contribution in [3.05, 3.63) is 12.2 Å². The molecular weight excluding hydrogens is 228 g/mol. The van der Waals surface area contributed by atoms with Crippen LogP contribution in [0.5, 0.6) is 0 Å². The summed E-state index contributed by atoms with van der Waals surface area (Å²) in [6, 6.07) is 0. The maximum atomic E-state index is 11.6. The van der Waals surface area contributed by atoms with Gasteiger partial charge in [0.15, 0.2) is 0 Å². The van der Waals surface area contributed by atoms with E-state index in [1.807, 2.05) is 6.92 Å². The van der Waals surface area contributed by atoms with Crippen LogP contribution in [0.4, 0.5) is 0 Å². The number of allylic oxidation sites excluding steroid dienone is 2. The van der Waals surface area contributed by atoms with Crippen LogP contribution in [0.3, 0.4) is 0 Å². The van der Waals surface area contributed by atoms with E-state index in [4.69, 9.17) is 0 Å². The fourth-order valence-electron chi connectivity index (χ4n) is 1.60. The van der Waals surface area contributed by atoms with E-state index < -0.39 is 17.8 Å². The molecule has 100 valence electrons. The molecule has 2 unspecified atom stereocenters. The van der Waals surface area contributed by atoms with Crippen LogP contribution in [0.25, 0.3) is 0 Å². The van der Waals surface area contributed by atoms with E-state index >= 15 is 0 Å². The van der Waals surface area contributed by atoms with Crippen molar-refractivity contribution in [3.63, 3.8) is 0 Å². The van der Waals surface area contributed by atoms with Gasteiger partial charge in [-0.05, 0) is 20.3 Å². The molecule has 0 amide bonds. The largest absolute Gasteiger partial charge is 0.468 e. The van der Waals surface area contributed by atoms with Crippen LogP contribution in [0.15, 0.2) is 12.2 Å². The van der Waals surface area contributed by atoms with Crippen LogP contribution in [0.1, 0.15) is 40.0 Å². The summed E-state index contributed by atoms with van der Waals surface area (Å²) in [5.41, 5.74) is 0. The number of hydrogen-bond donors (Lipinski definition) is 0. The van der Waals surface area contributed by atoms with Crippen LogP contribution < -0.4 is 0 Å². The van der Waals surface area contributed by atoms with Gasteiger partial charge < -0.3 is 4.74 Å². The third-order valence-corrected chi connectivity index (χ3v) is 2.58. The Morgan fingerprint density at radius 2 is 2.06 bits per heavy atom. The lowest BCUT2D eigenvalue weighted by molar-refractivity contribution is -0.149. The van der Waals surface area contributed by atoms with E-state index in [-0.39, 0.29) is 5.78 Å². The zero-order chi connectivity index (χ0) is 14.0. The highest BCUT2D eigenvalue weighted by molar-refractivity contribution is 5.98. The summed E-state index contributed by atoms with van der Waals surface area (Å²) in [7, 11) is 1.29.